The van der Waals surface area contributed by atoms with Gasteiger partial charge in [0.25, 0.3) is 5.91 Å². The number of aliphatic hydroxyl groups excluding tert-OH is 1. The molecule has 17 heavy (non-hydrogen) atoms. The molecule has 4 heteroatoms. The molecule has 1 fully saturated rings. The second kappa shape index (κ2) is 4.37. The van der Waals surface area contributed by atoms with Crippen molar-refractivity contribution in [3.8, 4) is 0 Å². The fraction of sp³-hybridized carbons (Fsp3) is 0.462. The minimum atomic E-state index is -0.423. The highest BCUT2D eigenvalue weighted by Gasteiger charge is 2.38. The summed E-state index contributed by atoms with van der Waals surface area (Å²) in [5.74, 6) is -0.194. The molecule has 1 aromatic carbocycles. The molecule has 1 aromatic rings. The monoisotopic (exact) mass is 234 g/mol. The molecular weight excluding hydrogens is 216 g/mol. The number of nitrogens with one attached hydrogen (secondary N) is 1. The quantitative estimate of drug-likeness (QED) is 0.688. The fourth-order valence-corrected chi connectivity index (χ4v) is 2.11. The van der Waals surface area contributed by atoms with Gasteiger partial charge in [0.1, 0.15) is 0 Å². The Kier molecular flexibility index (Phi) is 3.07. The second-order valence-corrected chi connectivity index (χ2v) is 4.78. The molecule has 1 aliphatic rings. The second-order valence-electron chi connectivity index (χ2n) is 4.78. The molecule has 4 nitrogen and oxygen atoms in total. The number of amides is 1. The predicted octanol–water partition coefficient (Wildman–Crippen LogP) is 1.22. The molecular formula is C13H18N2O2. The van der Waals surface area contributed by atoms with E-state index < -0.39 is 5.54 Å². The molecule has 0 radical (unpaired) electrons. The number of benzene rings is 1. The number of aryl methyl sites for hydroxylation is 1. The van der Waals surface area contributed by atoms with Crippen LogP contribution in [0.15, 0.2) is 18.2 Å². The first-order valence-electron chi connectivity index (χ1n) is 5.86. The summed E-state index contributed by atoms with van der Waals surface area (Å²) in [7, 11) is 0. The Morgan fingerprint density at radius 2 is 2.24 bits per heavy atom. The van der Waals surface area contributed by atoms with Crippen LogP contribution in [0.4, 0.5) is 5.69 Å². The van der Waals surface area contributed by atoms with Crippen molar-refractivity contribution in [1.82, 2.24) is 5.32 Å². The van der Waals surface area contributed by atoms with Gasteiger partial charge >= 0.3 is 0 Å². The Morgan fingerprint density at radius 1 is 1.53 bits per heavy atom. The smallest absolute Gasteiger partial charge is 0.253 e. The van der Waals surface area contributed by atoms with Crippen LogP contribution in [0.5, 0.6) is 0 Å². The Morgan fingerprint density at radius 3 is 2.76 bits per heavy atom. The standard InChI is InChI=1S/C13H18N2O2/c1-9-4-2-5-10(11(9)14)12(17)15-13(8-16)6-3-7-13/h2,4-5,16H,3,6-8,14H2,1H3,(H,15,17). The summed E-state index contributed by atoms with van der Waals surface area (Å²) in [6.45, 7) is 1.86. The van der Waals surface area contributed by atoms with E-state index in [0.717, 1.165) is 24.8 Å². The molecule has 1 amide bonds. The summed E-state index contributed by atoms with van der Waals surface area (Å²) in [5.41, 5.74) is 7.35. The average Bonchev–Trinajstić information content (AvgIpc) is 2.27. The van der Waals surface area contributed by atoms with Crippen LogP contribution in [0.1, 0.15) is 35.2 Å². The highest BCUT2D eigenvalue weighted by molar-refractivity contribution is 6.00. The van der Waals surface area contributed by atoms with Gasteiger partial charge < -0.3 is 16.2 Å². The van der Waals surface area contributed by atoms with Gasteiger partial charge in [-0.25, -0.2) is 0 Å². The molecule has 1 aliphatic carbocycles. The summed E-state index contributed by atoms with van der Waals surface area (Å²) < 4.78 is 0. The zero-order chi connectivity index (χ0) is 12.5. The van der Waals surface area contributed by atoms with Gasteiger partial charge in [-0.05, 0) is 37.8 Å². The SMILES string of the molecule is Cc1cccc(C(=O)NC2(CO)CCC2)c1N. The van der Waals surface area contributed by atoms with Crippen LogP contribution >= 0.6 is 0 Å². The van der Waals surface area contributed by atoms with Gasteiger partial charge in [-0.1, -0.05) is 12.1 Å². The Hall–Kier alpha value is -1.55. The molecule has 2 rings (SSSR count). The van der Waals surface area contributed by atoms with Gasteiger partial charge in [-0.15, -0.1) is 0 Å². The van der Waals surface area contributed by atoms with Crippen LogP contribution in [-0.4, -0.2) is 23.2 Å². The Labute approximate surface area is 101 Å². The lowest BCUT2D eigenvalue weighted by molar-refractivity contribution is 0.0642. The van der Waals surface area contributed by atoms with Gasteiger partial charge in [0.15, 0.2) is 0 Å². The molecule has 0 bridgehead atoms. The third kappa shape index (κ3) is 2.13. The van der Waals surface area contributed by atoms with Gasteiger partial charge in [0.2, 0.25) is 0 Å². The number of aliphatic hydroxyl groups is 1. The van der Waals surface area contributed by atoms with Crippen molar-refractivity contribution < 1.29 is 9.90 Å². The zero-order valence-corrected chi connectivity index (χ0v) is 9.99. The highest BCUT2D eigenvalue weighted by Crippen LogP contribution is 2.31. The maximum atomic E-state index is 12.1. The number of rotatable bonds is 3. The van der Waals surface area contributed by atoms with Crippen molar-refractivity contribution in [1.29, 1.82) is 0 Å². The lowest BCUT2D eigenvalue weighted by Crippen LogP contribution is -2.56. The number of carbonyl (C=O) groups excluding carboxylic acids is 1. The van der Waals surface area contributed by atoms with Gasteiger partial charge in [0, 0.05) is 5.69 Å². The molecule has 0 atom stereocenters. The summed E-state index contributed by atoms with van der Waals surface area (Å²) in [6, 6.07) is 5.39. The van der Waals surface area contributed by atoms with Crippen LogP contribution in [0.25, 0.3) is 0 Å². The molecule has 0 spiro atoms. The number of para-hydroxylation sites is 1. The third-order valence-electron chi connectivity index (χ3n) is 3.56. The number of hydrogen-bond acceptors (Lipinski definition) is 3. The van der Waals surface area contributed by atoms with Crippen LogP contribution < -0.4 is 11.1 Å². The molecule has 0 unspecified atom stereocenters. The van der Waals surface area contributed by atoms with E-state index in [4.69, 9.17) is 5.73 Å². The van der Waals surface area contributed by atoms with Crippen LogP contribution in [-0.2, 0) is 0 Å². The lowest BCUT2D eigenvalue weighted by Gasteiger charge is -2.41. The average molecular weight is 234 g/mol. The number of hydrogen-bond donors (Lipinski definition) is 3. The highest BCUT2D eigenvalue weighted by atomic mass is 16.3. The summed E-state index contributed by atoms with van der Waals surface area (Å²) in [5, 5.41) is 12.2. The summed E-state index contributed by atoms with van der Waals surface area (Å²) in [4.78, 5) is 12.1. The normalized spacial score (nSPS) is 17.3. The van der Waals surface area contributed by atoms with Gasteiger partial charge in [-0.2, -0.15) is 0 Å². The molecule has 4 N–H and O–H groups in total. The van der Waals surface area contributed by atoms with E-state index in [1.807, 2.05) is 19.1 Å². The number of anilines is 1. The zero-order valence-electron chi connectivity index (χ0n) is 9.99. The summed E-state index contributed by atoms with van der Waals surface area (Å²) in [6.07, 6.45) is 2.71. The molecule has 0 aliphatic heterocycles. The first-order valence-corrected chi connectivity index (χ1v) is 5.86. The topological polar surface area (TPSA) is 75.3 Å². The van der Waals surface area contributed by atoms with E-state index in [1.165, 1.54) is 0 Å². The van der Waals surface area contributed by atoms with Crippen molar-refractivity contribution in [3.05, 3.63) is 29.3 Å². The molecule has 92 valence electrons. The molecule has 1 saturated carbocycles. The number of carbonyl (C=O) groups is 1. The van der Waals surface area contributed by atoms with E-state index in [9.17, 15) is 9.90 Å². The van der Waals surface area contributed by atoms with Crippen molar-refractivity contribution in [3.63, 3.8) is 0 Å². The van der Waals surface area contributed by atoms with E-state index in [1.54, 1.807) is 6.07 Å². The maximum absolute atomic E-state index is 12.1. The number of nitrogen functional groups attached to an aromatic ring is 1. The van der Waals surface area contributed by atoms with Crippen LogP contribution in [0.3, 0.4) is 0 Å². The van der Waals surface area contributed by atoms with E-state index in [-0.39, 0.29) is 12.5 Å². The minimum Gasteiger partial charge on any atom is -0.398 e. The maximum Gasteiger partial charge on any atom is 0.253 e. The van der Waals surface area contributed by atoms with Crippen molar-refractivity contribution in [2.24, 2.45) is 0 Å². The van der Waals surface area contributed by atoms with Gasteiger partial charge in [-0.3, -0.25) is 4.79 Å². The Balaban J connectivity index is 2.17. The molecule has 0 saturated heterocycles. The van der Waals surface area contributed by atoms with E-state index in [2.05, 4.69) is 5.32 Å². The Bertz CT molecular complexity index is 434. The van der Waals surface area contributed by atoms with Crippen molar-refractivity contribution >= 4 is 11.6 Å². The largest absolute Gasteiger partial charge is 0.398 e. The predicted molar refractivity (Wildman–Crippen MR) is 66.7 cm³/mol. The van der Waals surface area contributed by atoms with Crippen molar-refractivity contribution in [2.75, 3.05) is 12.3 Å². The van der Waals surface area contributed by atoms with Gasteiger partial charge in [0.05, 0.1) is 17.7 Å². The molecule has 0 heterocycles. The van der Waals surface area contributed by atoms with Crippen LogP contribution in [0.2, 0.25) is 0 Å². The van der Waals surface area contributed by atoms with E-state index in [0.29, 0.717) is 11.3 Å². The fourth-order valence-electron chi connectivity index (χ4n) is 2.11. The van der Waals surface area contributed by atoms with Crippen molar-refractivity contribution in [2.45, 2.75) is 31.7 Å². The number of nitrogens with two attached hydrogens (primary N) is 1. The summed E-state index contributed by atoms with van der Waals surface area (Å²) >= 11 is 0. The first kappa shape index (κ1) is 11.9. The minimum absolute atomic E-state index is 0.00946. The third-order valence-corrected chi connectivity index (χ3v) is 3.56. The lowest BCUT2D eigenvalue weighted by atomic mass is 9.77. The van der Waals surface area contributed by atoms with E-state index >= 15 is 0 Å². The first-order chi connectivity index (χ1) is 8.08. The molecule has 0 aromatic heterocycles. The van der Waals surface area contributed by atoms with Crippen LogP contribution in [0, 0.1) is 6.92 Å².